The molecule has 1 aromatic carbocycles. The summed E-state index contributed by atoms with van der Waals surface area (Å²) in [5.74, 6) is -0.666. The molecule has 2 atom stereocenters. The quantitative estimate of drug-likeness (QED) is 0.907. The van der Waals surface area contributed by atoms with Crippen LogP contribution in [0.15, 0.2) is 24.3 Å². The maximum atomic E-state index is 11.0. The van der Waals surface area contributed by atoms with Gasteiger partial charge in [-0.1, -0.05) is 24.3 Å². The number of hydrogen-bond acceptors (Lipinski definition) is 2. The summed E-state index contributed by atoms with van der Waals surface area (Å²) in [5, 5.41) is 9.06. The highest BCUT2D eigenvalue weighted by molar-refractivity contribution is 5.67. The lowest BCUT2D eigenvalue weighted by molar-refractivity contribution is -0.138. The minimum atomic E-state index is -0.666. The van der Waals surface area contributed by atoms with Crippen molar-refractivity contribution in [2.75, 3.05) is 6.54 Å². The van der Waals surface area contributed by atoms with Crippen LogP contribution in [0.1, 0.15) is 49.3 Å². The highest BCUT2D eigenvalue weighted by atomic mass is 16.4. The van der Waals surface area contributed by atoms with Gasteiger partial charge in [-0.3, -0.25) is 9.69 Å². The van der Waals surface area contributed by atoms with Gasteiger partial charge in [0, 0.05) is 12.1 Å². The Balaban J connectivity index is 1.84. The van der Waals surface area contributed by atoms with Gasteiger partial charge in [0.05, 0.1) is 6.42 Å². The predicted molar refractivity (Wildman–Crippen MR) is 74.1 cm³/mol. The van der Waals surface area contributed by atoms with E-state index in [1.165, 1.54) is 30.4 Å². The van der Waals surface area contributed by atoms with Gasteiger partial charge < -0.3 is 5.11 Å². The van der Waals surface area contributed by atoms with Crippen LogP contribution in [0.25, 0.3) is 0 Å². The lowest BCUT2D eigenvalue weighted by Gasteiger charge is -2.36. The van der Waals surface area contributed by atoms with Crippen LogP contribution in [0.2, 0.25) is 0 Å². The Labute approximate surface area is 114 Å². The SMILES string of the molecule is O=C(O)CC1CCCN1C1CCCc2ccccc21. The fraction of sp³-hybridized carbons (Fsp3) is 0.562. The van der Waals surface area contributed by atoms with E-state index in [2.05, 4.69) is 29.2 Å². The molecule has 1 aliphatic heterocycles. The molecule has 0 aromatic heterocycles. The Morgan fingerprint density at radius 1 is 1.26 bits per heavy atom. The topological polar surface area (TPSA) is 40.5 Å². The van der Waals surface area contributed by atoms with Crippen molar-refractivity contribution in [3.63, 3.8) is 0 Å². The van der Waals surface area contributed by atoms with E-state index in [0.29, 0.717) is 12.5 Å². The van der Waals surface area contributed by atoms with Gasteiger partial charge in [-0.05, 0) is 49.8 Å². The number of rotatable bonds is 3. The second-order valence-electron chi connectivity index (χ2n) is 5.74. The second kappa shape index (κ2) is 5.33. The number of carboxylic acid groups (broad SMARTS) is 1. The average Bonchev–Trinajstić information content (AvgIpc) is 2.85. The minimum Gasteiger partial charge on any atom is -0.481 e. The predicted octanol–water partition coefficient (Wildman–Crippen LogP) is 3.00. The lowest BCUT2D eigenvalue weighted by Crippen LogP contribution is -2.36. The zero-order valence-corrected chi connectivity index (χ0v) is 11.2. The van der Waals surface area contributed by atoms with E-state index >= 15 is 0 Å². The lowest BCUT2D eigenvalue weighted by atomic mass is 9.86. The molecular weight excluding hydrogens is 238 g/mol. The average molecular weight is 259 g/mol. The number of aryl methyl sites for hydroxylation is 1. The molecule has 19 heavy (non-hydrogen) atoms. The first kappa shape index (κ1) is 12.7. The van der Waals surface area contributed by atoms with Crippen molar-refractivity contribution in [1.82, 2.24) is 4.90 Å². The number of nitrogens with zero attached hydrogens (tertiary/aromatic N) is 1. The molecule has 0 spiro atoms. The van der Waals surface area contributed by atoms with Gasteiger partial charge in [0.15, 0.2) is 0 Å². The number of hydrogen-bond donors (Lipinski definition) is 1. The van der Waals surface area contributed by atoms with Gasteiger partial charge in [0.2, 0.25) is 0 Å². The molecule has 1 fully saturated rings. The molecule has 1 aliphatic carbocycles. The normalized spacial score (nSPS) is 27.2. The third kappa shape index (κ3) is 2.52. The molecule has 3 nitrogen and oxygen atoms in total. The molecule has 1 N–H and O–H groups in total. The molecule has 0 amide bonds. The maximum absolute atomic E-state index is 11.0. The van der Waals surface area contributed by atoms with E-state index in [-0.39, 0.29) is 6.04 Å². The van der Waals surface area contributed by atoms with Crippen LogP contribution < -0.4 is 0 Å². The molecule has 2 unspecified atom stereocenters. The van der Waals surface area contributed by atoms with Crippen LogP contribution in [-0.4, -0.2) is 28.6 Å². The molecule has 102 valence electrons. The van der Waals surface area contributed by atoms with Gasteiger partial charge in [0.25, 0.3) is 0 Å². The summed E-state index contributed by atoms with van der Waals surface area (Å²) in [7, 11) is 0. The Bertz CT molecular complexity index is 472. The molecule has 1 heterocycles. The van der Waals surface area contributed by atoms with E-state index in [0.717, 1.165) is 19.4 Å². The number of fused-ring (bicyclic) bond motifs is 1. The minimum absolute atomic E-state index is 0.230. The number of aliphatic carboxylic acids is 1. The third-order valence-electron chi connectivity index (χ3n) is 4.57. The molecule has 0 saturated carbocycles. The van der Waals surface area contributed by atoms with Crippen LogP contribution in [0, 0.1) is 0 Å². The van der Waals surface area contributed by atoms with Gasteiger partial charge in [-0.2, -0.15) is 0 Å². The molecule has 0 radical (unpaired) electrons. The smallest absolute Gasteiger partial charge is 0.304 e. The first-order valence-corrected chi connectivity index (χ1v) is 7.31. The zero-order chi connectivity index (χ0) is 13.2. The van der Waals surface area contributed by atoms with Crippen molar-refractivity contribution in [1.29, 1.82) is 0 Å². The van der Waals surface area contributed by atoms with Gasteiger partial charge in [-0.25, -0.2) is 0 Å². The molecule has 0 bridgehead atoms. The van der Waals surface area contributed by atoms with Gasteiger partial charge in [-0.15, -0.1) is 0 Å². The van der Waals surface area contributed by atoms with Gasteiger partial charge >= 0.3 is 5.97 Å². The van der Waals surface area contributed by atoms with E-state index in [4.69, 9.17) is 5.11 Å². The maximum Gasteiger partial charge on any atom is 0.304 e. The molecule has 3 rings (SSSR count). The summed E-state index contributed by atoms with van der Waals surface area (Å²) in [4.78, 5) is 13.5. The van der Waals surface area contributed by atoms with E-state index in [9.17, 15) is 4.79 Å². The summed E-state index contributed by atoms with van der Waals surface area (Å²) in [6.45, 7) is 1.05. The van der Waals surface area contributed by atoms with Crippen LogP contribution in [0.4, 0.5) is 0 Å². The standard InChI is InChI=1S/C16H21NO2/c18-16(19)11-13-7-4-10-17(13)15-9-3-6-12-5-1-2-8-14(12)15/h1-2,5,8,13,15H,3-4,6-7,9-11H2,(H,18,19). The summed E-state index contributed by atoms with van der Waals surface area (Å²) >= 11 is 0. The summed E-state index contributed by atoms with van der Waals surface area (Å²) in [5.41, 5.74) is 2.89. The van der Waals surface area contributed by atoms with Crippen molar-refractivity contribution in [3.05, 3.63) is 35.4 Å². The first-order chi connectivity index (χ1) is 9.25. The Morgan fingerprint density at radius 2 is 2.11 bits per heavy atom. The highest BCUT2D eigenvalue weighted by Crippen LogP contribution is 2.38. The molecule has 3 heteroatoms. The number of carboxylic acids is 1. The number of carbonyl (C=O) groups is 1. The zero-order valence-electron chi connectivity index (χ0n) is 11.2. The fourth-order valence-electron chi connectivity index (χ4n) is 3.76. The summed E-state index contributed by atoms with van der Waals surface area (Å²) in [6.07, 6.45) is 6.02. The number of benzene rings is 1. The fourth-order valence-corrected chi connectivity index (χ4v) is 3.76. The molecule has 1 saturated heterocycles. The molecule has 2 aliphatic rings. The third-order valence-corrected chi connectivity index (χ3v) is 4.57. The van der Waals surface area contributed by atoms with Crippen molar-refractivity contribution in [2.24, 2.45) is 0 Å². The Morgan fingerprint density at radius 3 is 2.95 bits per heavy atom. The van der Waals surface area contributed by atoms with E-state index < -0.39 is 5.97 Å². The molecular formula is C16H21NO2. The second-order valence-corrected chi connectivity index (χ2v) is 5.74. The van der Waals surface area contributed by atoms with Crippen LogP contribution in [0.5, 0.6) is 0 Å². The van der Waals surface area contributed by atoms with Crippen molar-refractivity contribution in [3.8, 4) is 0 Å². The van der Waals surface area contributed by atoms with Crippen LogP contribution in [0.3, 0.4) is 0 Å². The van der Waals surface area contributed by atoms with Crippen molar-refractivity contribution >= 4 is 5.97 Å². The van der Waals surface area contributed by atoms with Gasteiger partial charge in [0.1, 0.15) is 0 Å². The highest BCUT2D eigenvalue weighted by Gasteiger charge is 2.34. The molecule has 1 aromatic rings. The first-order valence-electron chi connectivity index (χ1n) is 7.31. The van der Waals surface area contributed by atoms with Crippen molar-refractivity contribution in [2.45, 2.75) is 50.6 Å². The summed E-state index contributed by atoms with van der Waals surface area (Å²) < 4.78 is 0. The van der Waals surface area contributed by atoms with Crippen LogP contribution in [-0.2, 0) is 11.2 Å². The van der Waals surface area contributed by atoms with E-state index in [1.807, 2.05) is 0 Å². The summed E-state index contributed by atoms with van der Waals surface area (Å²) in [6, 6.07) is 9.35. The Hall–Kier alpha value is -1.35. The number of likely N-dealkylation sites (tertiary alicyclic amines) is 1. The van der Waals surface area contributed by atoms with Crippen molar-refractivity contribution < 1.29 is 9.90 Å². The van der Waals surface area contributed by atoms with E-state index in [1.54, 1.807) is 0 Å². The largest absolute Gasteiger partial charge is 0.481 e. The van der Waals surface area contributed by atoms with Crippen LogP contribution >= 0.6 is 0 Å². The monoisotopic (exact) mass is 259 g/mol. The Kier molecular flexibility index (Phi) is 3.56.